The zero-order valence-electron chi connectivity index (χ0n) is 16.9. The highest BCUT2D eigenvalue weighted by atomic mass is 35.5. The Labute approximate surface area is 194 Å². The molecule has 0 saturated carbocycles. The molecule has 9 heteroatoms. The third-order valence-corrected chi connectivity index (χ3v) is 6.57. The number of hydrogen-bond acceptors (Lipinski definition) is 6. The van der Waals surface area contributed by atoms with Crippen LogP contribution < -0.4 is 10.6 Å². The maximum atomic E-state index is 12.8. The first-order valence-corrected chi connectivity index (χ1v) is 11.7. The number of benzene rings is 2. The number of thiazole rings is 1. The van der Waals surface area contributed by atoms with Gasteiger partial charge in [0.2, 0.25) is 5.91 Å². The minimum atomic E-state index is -0.262. The fraction of sp³-hybridized carbons (Fsp3) is 0.227. The summed E-state index contributed by atoms with van der Waals surface area (Å²) in [7, 11) is 1.58. The quantitative estimate of drug-likeness (QED) is 0.333. The topological polar surface area (TPSA) is 80.3 Å². The molecule has 0 bridgehead atoms. The maximum Gasteiger partial charge on any atom is 0.258 e. The van der Waals surface area contributed by atoms with Crippen LogP contribution >= 0.6 is 34.7 Å². The Hall–Kier alpha value is -2.39. The van der Waals surface area contributed by atoms with Crippen molar-refractivity contribution in [1.82, 2.24) is 10.3 Å². The van der Waals surface area contributed by atoms with Crippen molar-refractivity contribution in [2.24, 2.45) is 0 Å². The van der Waals surface area contributed by atoms with E-state index in [1.165, 1.54) is 23.1 Å². The summed E-state index contributed by atoms with van der Waals surface area (Å²) < 4.78 is 4.92. The number of rotatable bonds is 10. The zero-order chi connectivity index (χ0) is 22.1. The lowest BCUT2D eigenvalue weighted by molar-refractivity contribution is -0.118. The number of ether oxygens (including phenoxy) is 1. The molecule has 0 aliphatic rings. The predicted molar refractivity (Wildman–Crippen MR) is 126 cm³/mol. The lowest BCUT2D eigenvalue weighted by Gasteiger charge is -2.09. The SMILES string of the molecule is COCCNC(=O)CSc1ccccc1C(=O)Nc1ncc(Cc2ccccc2Cl)s1. The molecular weight excluding hydrogens is 454 g/mol. The fourth-order valence-electron chi connectivity index (χ4n) is 2.71. The Bertz CT molecular complexity index is 1040. The molecule has 0 unspecified atom stereocenters. The van der Waals surface area contributed by atoms with Gasteiger partial charge in [-0.05, 0) is 23.8 Å². The second-order valence-corrected chi connectivity index (χ2v) is 9.02. The van der Waals surface area contributed by atoms with Crippen LogP contribution in [0.2, 0.25) is 5.02 Å². The van der Waals surface area contributed by atoms with Gasteiger partial charge in [-0.3, -0.25) is 14.9 Å². The molecular formula is C22H22ClN3O3S2. The van der Waals surface area contributed by atoms with Crippen molar-refractivity contribution < 1.29 is 14.3 Å². The van der Waals surface area contributed by atoms with E-state index in [1.807, 2.05) is 36.4 Å². The van der Waals surface area contributed by atoms with Crippen LogP contribution in [0.25, 0.3) is 0 Å². The van der Waals surface area contributed by atoms with Crippen molar-refractivity contribution in [1.29, 1.82) is 0 Å². The van der Waals surface area contributed by atoms with E-state index in [1.54, 1.807) is 25.4 Å². The number of nitrogens with one attached hydrogen (secondary N) is 2. The standard InChI is InChI=1S/C22H22ClN3O3S2/c1-29-11-10-24-20(27)14-30-19-9-5-3-7-17(19)21(28)26-22-25-13-16(31-22)12-15-6-2-4-8-18(15)23/h2-9,13H,10-12,14H2,1H3,(H,24,27)(H,25,26,28). The van der Waals surface area contributed by atoms with E-state index < -0.39 is 0 Å². The summed E-state index contributed by atoms with van der Waals surface area (Å²) in [4.78, 5) is 30.8. The number of amides is 2. The van der Waals surface area contributed by atoms with Gasteiger partial charge in [0.05, 0.1) is 17.9 Å². The van der Waals surface area contributed by atoms with Crippen LogP contribution in [0.5, 0.6) is 0 Å². The van der Waals surface area contributed by atoms with Gasteiger partial charge in [-0.25, -0.2) is 4.98 Å². The molecule has 0 radical (unpaired) electrons. The third-order valence-electron chi connectivity index (χ3n) is 4.22. The van der Waals surface area contributed by atoms with Gasteiger partial charge >= 0.3 is 0 Å². The van der Waals surface area contributed by atoms with E-state index in [9.17, 15) is 9.59 Å². The lowest BCUT2D eigenvalue weighted by Crippen LogP contribution is -2.28. The number of halogens is 1. The second-order valence-electron chi connectivity index (χ2n) is 6.48. The van der Waals surface area contributed by atoms with E-state index in [-0.39, 0.29) is 17.6 Å². The summed E-state index contributed by atoms with van der Waals surface area (Å²) in [6.07, 6.45) is 2.40. The third kappa shape index (κ3) is 7.07. The molecule has 0 fully saturated rings. The highest BCUT2D eigenvalue weighted by molar-refractivity contribution is 8.00. The average Bonchev–Trinajstić information content (AvgIpc) is 3.21. The van der Waals surface area contributed by atoms with E-state index >= 15 is 0 Å². The number of carbonyl (C=O) groups is 2. The van der Waals surface area contributed by atoms with Crippen molar-refractivity contribution in [3.05, 3.63) is 75.8 Å². The van der Waals surface area contributed by atoms with Crippen LogP contribution in [0.3, 0.4) is 0 Å². The first kappa shape index (κ1) is 23.3. The van der Waals surface area contributed by atoms with Gasteiger partial charge in [0.15, 0.2) is 5.13 Å². The molecule has 0 aliphatic carbocycles. The number of nitrogens with zero attached hydrogens (tertiary/aromatic N) is 1. The molecule has 0 saturated heterocycles. The fourth-order valence-corrected chi connectivity index (χ4v) is 4.62. The van der Waals surface area contributed by atoms with Crippen LogP contribution in [0, 0.1) is 0 Å². The van der Waals surface area contributed by atoms with Crippen molar-refractivity contribution in [2.75, 3.05) is 31.3 Å². The van der Waals surface area contributed by atoms with Gasteiger partial charge in [-0.15, -0.1) is 23.1 Å². The molecule has 1 aromatic heterocycles. The van der Waals surface area contributed by atoms with Gasteiger partial charge in [0.25, 0.3) is 5.91 Å². The number of anilines is 1. The van der Waals surface area contributed by atoms with Crippen LogP contribution in [0.4, 0.5) is 5.13 Å². The Morgan fingerprint density at radius 2 is 1.94 bits per heavy atom. The summed E-state index contributed by atoms with van der Waals surface area (Å²) in [5.41, 5.74) is 1.51. The number of methoxy groups -OCH3 is 1. The number of thioether (sulfide) groups is 1. The molecule has 0 aliphatic heterocycles. The van der Waals surface area contributed by atoms with Crippen LogP contribution in [0.1, 0.15) is 20.8 Å². The summed E-state index contributed by atoms with van der Waals surface area (Å²) in [6, 6.07) is 14.9. The number of carbonyl (C=O) groups excluding carboxylic acids is 2. The minimum absolute atomic E-state index is 0.110. The highest BCUT2D eigenvalue weighted by Gasteiger charge is 2.15. The molecule has 3 aromatic rings. The maximum absolute atomic E-state index is 12.8. The summed E-state index contributed by atoms with van der Waals surface area (Å²) in [6.45, 7) is 0.917. The molecule has 2 amide bonds. The Balaban J connectivity index is 1.60. The normalized spacial score (nSPS) is 10.6. The Morgan fingerprint density at radius 1 is 1.16 bits per heavy atom. The molecule has 6 nitrogen and oxygen atoms in total. The molecule has 0 spiro atoms. The smallest absolute Gasteiger partial charge is 0.258 e. The molecule has 2 aromatic carbocycles. The van der Waals surface area contributed by atoms with Gasteiger partial charge in [-0.1, -0.05) is 41.9 Å². The van der Waals surface area contributed by atoms with E-state index in [0.29, 0.717) is 35.3 Å². The Morgan fingerprint density at radius 3 is 2.74 bits per heavy atom. The van der Waals surface area contributed by atoms with E-state index in [2.05, 4.69) is 15.6 Å². The molecule has 0 atom stereocenters. The first-order chi connectivity index (χ1) is 15.1. The number of hydrogen-bond donors (Lipinski definition) is 2. The molecule has 31 heavy (non-hydrogen) atoms. The van der Waals surface area contributed by atoms with E-state index in [0.717, 1.165) is 15.3 Å². The van der Waals surface area contributed by atoms with Crippen molar-refractivity contribution >= 4 is 51.6 Å². The van der Waals surface area contributed by atoms with Gasteiger partial charge < -0.3 is 10.1 Å². The molecule has 3 rings (SSSR count). The average molecular weight is 476 g/mol. The lowest BCUT2D eigenvalue weighted by atomic mass is 10.1. The van der Waals surface area contributed by atoms with Crippen molar-refractivity contribution in [3.63, 3.8) is 0 Å². The summed E-state index contributed by atoms with van der Waals surface area (Å²) >= 11 is 8.95. The second kappa shape index (κ2) is 11.9. The van der Waals surface area contributed by atoms with E-state index in [4.69, 9.17) is 16.3 Å². The largest absolute Gasteiger partial charge is 0.383 e. The predicted octanol–water partition coefficient (Wildman–Crippen LogP) is 4.49. The van der Waals surface area contributed by atoms with Gasteiger partial charge in [0.1, 0.15) is 0 Å². The number of aromatic nitrogens is 1. The monoisotopic (exact) mass is 475 g/mol. The summed E-state index contributed by atoms with van der Waals surface area (Å²) in [5, 5.41) is 6.84. The van der Waals surface area contributed by atoms with Gasteiger partial charge in [0, 0.05) is 41.1 Å². The first-order valence-electron chi connectivity index (χ1n) is 9.53. The molecule has 2 N–H and O–H groups in total. The highest BCUT2D eigenvalue weighted by Crippen LogP contribution is 2.27. The van der Waals surface area contributed by atoms with Crippen molar-refractivity contribution in [3.8, 4) is 0 Å². The van der Waals surface area contributed by atoms with Crippen LogP contribution in [-0.4, -0.2) is 42.8 Å². The zero-order valence-corrected chi connectivity index (χ0v) is 19.3. The minimum Gasteiger partial charge on any atom is -0.383 e. The Kier molecular flexibility index (Phi) is 8.90. The van der Waals surface area contributed by atoms with Crippen LogP contribution in [0.15, 0.2) is 59.6 Å². The molecule has 162 valence electrons. The van der Waals surface area contributed by atoms with Gasteiger partial charge in [-0.2, -0.15) is 0 Å². The molecule has 1 heterocycles. The summed E-state index contributed by atoms with van der Waals surface area (Å²) in [5.74, 6) is -0.157. The van der Waals surface area contributed by atoms with Crippen molar-refractivity contribution in [2.45, 2.75) is 11.3 Å². The van der Waals surface area contributed by atoms with Crippen LogP contribution in [-0.2, 0) is 16.0 Å².